The van der Waals surface area contributed by atoms with Crippen LogP contribution in [-0.4, -0.2) is 23.9 Å². The minimum Gasteiger partial charge on any atom is -0.322 e. The third kappa shape index (κ3) is 4.25. The summed E-state index contributed by atoms with van der Waals surface area (Å²) in [5.41, 5.74) is 1.22. The highest BCUT2D eigenvalue weighted by atomic mass is 19.4. The van der Waals surface area contributed by atoms with E-state index in [0.717, 1.165) is 25.2 Å². The number of nitrogens with zero attached hydrogens (tertiary/aromatic N) is 1. The zero-order chi connectivity index (χ0) is 18.7. The molecule has 0 saturated carbocycles. The van der Waals surface area contributed by atoms with Crippen molar-refractivity contribution in [2.75, 3.05) is 18.4 Å². The molecule has 1 fully saturated rings. The molecule has 3 nitrogen and oxygen atoms in total. The van der Waals surface area contributed by atoms with E-state index >= 15 is 0 Å². The standard InChI is InChI=1S/C20H21F3N2O/c1-14(25-12-2-3-13-25)15-6-10-18(11-7-15)24-19(26)16-4-8-17(9-5-16)20(21,22)23/h4-11,14H,2-3,12-13H2,1H3,(H,24,26). The fraction of sp³-hybridized carbons (Fsp3) is 0.350. The Morgan fingerprint density at radius 3 is 2.12 bits per heavy atom. The molecule has 3 rings (SSSR count). The lowest BCUT2D eigenvalue weighted by Gasteiger charge is -2.24. The van der Waals surface area contributed by atoms with Crippen molar-refractivity contribution in [3.05, 3.63) is 65.2 Å². The average Bonchev–Trinajstić information content (AvgIpc) is 3.16. The van der Waals surface area contributed by atoms with Gasteiger partial charge in [-0.15, -0.1) is 0 Å². The van der Waals surface area contributed by atoms with Crippen LogP contribution < -0.4 is 5.32 Å². The number of anilines is 1. The van der Waals surface area contributed by atoms with E-state index < -0.39 is 17.6 Å². The molecule has 0 aromatic heterocycles. The van der Waals surface area contributed by atoms with Gasteiger partial charge in [-0.25, -0.2) is 0 Å². The SMILES string of the molecule is CC(c1ccc(NC(=O)c2ccc(C(F)(F)F)cc2)cc1)N1CCCC1. The van der Waals surface area contributed by atoms with Gasteiger partial charge in [0.05, 0.1) is 5.56 Å². The van der Waals surface area contributed by atoms with Crippen molar-refractivity contribution in [1.29, 1.82) is 0 Å². The van der Waals surface area contributed by atoms with Gasteiger partial charge < -0.3 is 5.32 Å². The molecule has 1 aliphatic rings. The maximum Gasteiger partial charge on any atom is 0.416 e. The Hall–Kier alpha value is -2.34. The second-order valence-electron chi connectivity index (χ2n) is 6.57. The molecule has 138 valence electrons. The molecule has 6 heteroatoms. The first-order valence-electron chi connectivity index (χ1n) is 8.67. The monoisotopic (exact) mass is 362 g/mol. The summed E-state index contributed by atoms with van der Waals surface area (Å²) in [4.78, 5) is 14.6. The lowest BCUT2D eigenvalue weighted by Crippen LogP contribution is -2.23. The predicted molar refractivity (Wildman–Crippen MR) is 95.1 cm³/mol. The molecule has 1 aliphatic heterocycles. The summed E-state index contributed by atoms with van der Waals surface area (Å²) >= 11 is 0. The Labute approximate surface area is 150 Å². The Kier molecular flexibility index (Phi) is 5.32. The van der Waals surface area contributed by atoms with E-state index in [2.05, 4.69) is 17.1 Å². The molecule has 1 atom stereocenters. The van der Waals surface area contributed by atoms with Crippen LogP contribution in [0.15, 0.2) is 48.5 Å². The minimum absolute atomic E-state index is 0.188. The van der Waals surface area contributed by atoms with Crippen LogP contribution in [-0.2, 0) is 6.18 Å². The zero-order valence-corrected chi connectivity index (χ0v) is 14.5. The van der Waals surface area contributed by atoms with Crippen molar-refractivity contribution in [3.63, 3.8) is 0 Å². The highest BCUT2D eigenvalue weighted by Crippen LogP contribution is 2.29. The first kappa shape index (κ1) is 18.5. The summed E-state index contributed by atoms with van der Waals surface area (Å²) in [5.74, 6) is -0.431. The van der Waals surface area contributed by atoms with E-state index in [-0.39, 0.29) is 5.56 Å². The van der Waals surface area contributed by atoms with Crippen molar-refractivity contribution < 1.29 is 18.0 Å². The van der Waals surface area contributed by atoms with Gasteiger partial charge in [-0.3, -0.25) is 9.69 Å². The lowest BCUT2D eigenvalue weighted by atomic mass is 10.1. The molecular weight excluding hydrogens is 341 g/mol. The van der Waals surface area contributed by atoms with Gasteiger partial charge in [0.15, 0.2) is 0 Å². The van der Waals surface area contributed by atoms with Gasteiger partial charge in [-0.05, 0) is 74.8 Å². The van der Waals surface area contributed by atoms with E-state index in [1.54, 1.807) is 0 Å². The van der Waals surface area contributed by atoms with Crippen LogP contribution in [0.25, 0.3) is 0 Å². The van der Waals surface area contributed by atoms with Crippen LogP contribution in [0, 0.1) is 0 Å². The van der Waals surface area contributed by atoms with Crippen molar-refractivity contribution in [1.82, 2.24) is 4.90 Å². The maximum atomic E-state index is 12.6. The molecular formula is C20H21F3N2O. The molecule has 0 bridgehead atoms. The molecule has 1 amide bonds. The van der Waals surface area contributed by atoms with Crippen LogP contribution in [0.1, 0.15) is 47.3 Å². The maximum absolute atomic E-state index is 12.6. The van der Waals surface area contributed by atoms with Gasteiger partial charge in [0.1, 0.15) is 0 Å². The first-order valence-corrected chi connectivity index (χ1v) is 8.67. The summed E-state index contributed by atoms with van der Waals surface area (Å²) in [5, 5.41) is 2.72. The van der Waals surface area contributed by atoms with Crippen LogP contribution in [0.5, 0.6) is 0 Å². The van der Waals surface area contributed by atoms with E-state index in [9.17, 15) is 18.0 Å². The van der Waals surface area contributed by atoms with Crippen molar-refractivity contribution >= 4 is 11.6 Å². The Morgan fingerprint density at radius 1 is 1.00 bits per heavy atom. The van der Waals surface area contributed by atoms with Gasteiger partial charge >= 0.3 is 6.18 Å². The number of alkyl halides is 3. The number of benzene rings is 2. The number of amides is 1. The molecule has 0 spiro atoms. The summed E-state index contributed by atoms with van der Waals surface area (Å²) < 4.78 is 37.7. The molecule has 2 aromatic carbocycles. The van der Waals surface area contributed by atoms with Crippen LogP contribution in [0.2, 0.25) is 0 Å². The molecule has 1 heterocycles. The summed E-state index contributed by atoms with van der Waals surface area (Å²) in [6.45, 7) is 4.38. The van der Waals surface area contributed by atoms with Crippen LogP contribution >= 0.6 is 0 Å². The van der Waals surface area contributed by atoms with Crippen molar-refractivity contribution in [2.24, 2.45) is 0 Å². The lowest BCUT2D eigenvalue weighted by molar-refractivity contribution is -0.137. The third-order valence-electron chi connectivity index (χ3n) is 4.81. The van der Waals surface area contributed by atoms with Gasteiger partial charge in [-0.1, -0.05) is 12.1 Å². The second kappa shape index (κ2) is 7.50. The fourth-order valence-corrected chi connectivity index (χ4v) is 3.20. The molecule has 2 aromatic rings. The first-order chi connectivity index (χ1) is 12.3. The molecule has 1 unspecified atom stereocenters. The number of likely N-dealkylation sites (tertiary alicyclic amines) is 1. The molecule has 0 radical (unpaired) electrons. The Bertz CT molecular complexity index is 748. The summed E-state index contributed by atoms with van der Waals surface area (Å²) in [6, 6.07) is 12.1. The predicted octanol–water partition coefficient (Wildman–Crippen LogP) is 5.11. The zero-order valence-electron chi connectivity index (χ0n) is 14.5. The quantitative estimate of drug-likeness (QED) is 0.819. The fourth-order valence-electron chi connectivity index (χ4n) is 3.20. The van der Waals surface area contributed by atoms with Crippen LogP contribution in [0.4, 0.5) is 18.9 Å². The molecule has 1 saturated heterocycles. The van der Waals surface area contributed by atoms with E-state index in [0.29, 0.717) is 11.7 Å². The van der Waals surface area contributed by atoms with Gasteiger partial charge in [-0.2, -0.15) is 13.2 Å². The Balaban J connectivity index is 1.64. The smallest absolute Gasteiger partial charge is 0.322 e. The van der Waals surface area contributed by atoms with E-state index in [4.69, 9.17) is 0 Å². The number of carbonyl (C=O) groups excluding carboxylic acids is 1. The van der Waals surface area contributed by atoms with Crippen molar-refractivity contribution in [3.8, 4) is 0 Å². The van der Waals surface area contributed by atoms with Crippen LogP contribution in [0.3, 0.4) is 0 Å². The number of rotatable bonds is 4. The minimum atomic E-state index is -4.41. The second-order valence-corrected chi connectivity index (χ2v) is 6.57. The Morgan fingerprint density at radius 2 is 1.58 bits per heavy atom. The topological polar surface area (TPSA) is 32.3 Å². The highest BCUT2D eigenvalue weighted by molar-refractivity contribution is 6.04. The molecule has 1 N–H and O–H groups in total. The summed E-state index contributed by atoms with van der Waals surface area (Å²) in [6.07, 6.45) is -1.95. The molecule has 26 heavy (non-hydrogen) atoms. The number of hydrogen-bond donors (Lipinski definition) is 1. The number of hydrogen-bond acceptors (Lipinski definition) is 2. The third-order valence-corrected chi connectivity index (χ3v) is 4.81. The summed E-state index contributed by atoms with van der Waals surface area (Å²) in [7, 11) is 0. The number of halogens is 3. The normalized spacial score (nSPS) is 16.5. The van der Waals surface area contributed by atoms with E-state index in [1.807, 2.05) is 24.3 Å². The molecule has 0 aliphatic carbocycles. The van der Waals surface area contributed by atoms with E-state index in [1.165, 1.54) is 30.5 Å². The van der Waals surface area contributed by atoms with Gasteiger partial charge in [0, 0.05) is 17.3 Å². The number of carbonyl (C=O) groups is 1. The highest BCUT2D eigenvalue weighted by Gasteiger charge is 2.30. The van der Waals surface area contributed by atoms with Gasteiger partial charge in [0.2, 0.25) is 0 Å². The average molecular weight is 362 g/mol. The number of nitrogens with one attached hydrogen (secondary N) is 1. The largest absolute Gasteiger partial charge is 0.416 e. The van der Waals surface area contributed by atoms with Gasteiger partial charge in [0.25, 0.3) is 5.91 Å². The van der Waals surface area contributed by atoms with Crippen molar-refractivity contribution in [2.45, 2.75) is 32.0 Å².